The maximum absolute atomic E-state index is 7.91. The van der Waals surface area contributed by atoms with Crippen molar-refractivity contribution >= 4 is 27.8 Å². The van der Waals surface area contributed by atoms with E-state index in [1.54, 1.807) is 0 Å². The Hall–Kier alpha value is -1.89. The Kier molecular flexibility index (Phi) is 8.68. The molecule has 3 nitrogen and oxygen atoms in total. The zero-order chi connectivity index (χ0) is 30.9. The van der Waals surface area contributed by atoms with Crippen molar-refractivity contribution in [2.45, 2.75) is 30.8 Å². The van der Waals surface area contributed by atoms with Gasteiger partial charge in [-0.15, -0.1) is 0 Å². The van der Waals surface area contributed by atoms with Crippen LogP contribution in [0.25, 0.3) is 0 Å². The molecule has 0 radical (unpaired) electrons. The summed E-state index contributed by atoms with van der Waals surface area (Å²) in [5.41, 5.74) is 6.64. The Labute approximate surface area is 261 Å². The van der Waals surface area contributed by atoms with Crippen molar-refractivity contribution < 1.29 is 13.3 Å². The van der Waals surface area contributed by atoms with Gasteiger partial charge in [-0.05, 0) is 0 Å². The first kappa shape index (κ1) is 32.5. The fraction of sp³-hybridized carbons (Fsp3) is 0.333. The summed E-state index contributed by atoms with van der Waals surface area (Å²) in [5, 5.41) is 0. The molecule has 0 bridgehead atoms. The Morgan fingerprint density at radius 3 is 1.33 bits per heavy atom. The van der Waals surface area contributed by atoms with Gasteiger partial charge in [-0.3, -0.25) is 0 Å². The van der Waals surface area contributed by atoms with Gasteiger partial charge in [-0.1, -0.05) is 0 Å². The number of hydrogen-bond acceptors (Lipinski definition) is 3. The first-order chi connectivity index (χ1) is 20.0. The predicted octanol–water partition coefficient (Wildman–Crippen LogP) is 10.1. The molecule has 1 aliphatic heterocycles. The second-order valence-electron chi connectivity index (χ2n) is 15.9. The first-order valence-electron chi connectivity index (χ1n) is 15.3. The topological polar surface area (TPSA) is 27.7 Å². The third kappa shape index (κ3) is 8.86. The van der Waals surface area contributed by atoms with E-state index in [0.29, 0.717) is 0 Å². The van der Waals surface area contributed by atoms with E-state index in [1.807, 2.05) is 0 Å². The molecule has 0 atom stereocenters. The van der Waals surface area contributed by atoms with Crippen LogP contribution in [-0.4, -0.2) is 54.0 Å². The molecule has 0 fully saturated rings. The van der Waals surface area contributed by atoms with Crippen molar-refractivity contribution in [2.75, 3.05) is 46.7 Å². The minimum atomic E-state index is -3.35. The van der Waals surface area contributed by atoms with Crippen LogP contribution in [0.1, 0.15) is 27.8 Å². The summed E-state index contributed by atoms with van der Waals surface area (Å²) in [7, 11) is -0.761. The SMILES string of the molecule is CP(C)(C)(C)OB1OP(C)(C)(C)Cc2ccccc2CP(Cc2ccccc2)(Cc2ccccc2)(Cc2ccccc2)O1. The maximum atomic E-state index is 7.91. The zero-order valence-electron chi connectivity index (χ0n) is 27.1. The molecular weight excluding hydrogens is 584 g/mol. The molecule has 230 valence electrons. The Morgan fingerprint density at radius 2 is 0.930 bits per heavy atom. The zero-order valence-corrected chi connectivity index (χ0v) is 29.8. The standard InChI is InChI=1S/C36H50BO3P3/c1-41(2,3,4)38-37-39-42(5,6,7)30-35-25-17-18-26-36(35)31-43(40-37,27-32-19-11-8-12-20-32,28-33-21-13-9-14-22-33)29-34-23-15-10-16-24-34/h8-26H,27-31H2,1-7H3. The van der Waals surface area contributed by atoms with Gasteiger partial charge in [-0.25, -0.2) is 0 Å². The summed E-state index contributed by atoms with van der Waals surface area (Å²) < 4.78 is 22.3. The monoisotopic (exact) mass is 634 g/mol. The summed E-state index contributed by atoms with van der Waals surface area (Å²) >= 11 is 0. The Bertz CT molecular complexity index is 1430. The van der Waals surface area contributed by atoms with Crippen LogP contribution in [0.2, 0.25) is 0 Å². The number of fused-ring (bicyclic) bond motifs is 1. The molecule has 0 N–H and O–H groups in total. The molecule has 1 heterocycles. The number of hydrogen-bond donors (Lipinski definition) is 0. The van der Waals surface area contributed by atoms with Crippen LogP contribution in [0.5, 0.6) is 0 Å². The average Bonchev–Trinajstić information content (AvgIpc) is 2.92. The second-order valence-corrected chi connectivity index (χ2v) is 34.6. The summed E-state index contributed by atoms with van der Waals surface area (Å²) in [6.45, 7) is 7.32. The van der Waals surface area contributed by atoms with E-state index < -0.39 is 27.8 Å². The Balaban J connectivity index is 1.84. The molecule has 7 heteroatoms. The molecule has 0 spiro atoms. The molecule has 1 aliphatic rings. The van der Waals surface area contributed by atoms with Crippen LogP contribution in [0.4, 0.5) is 0 Å². The van der Waals surface area contributed by atoms with E-state index in [-0.39, 0.29) is 0 Å². The van der Waals surface area contributed by atoms with Crippen LogP contribution in [0.15, 0.2) is 115 Å². The van der Waals surface area contributed by atoms with E-state index in [1.165, 1.54) is 27.8 Å². The van der Waals surface area contributed by atoms with Crippen molar-refractivity contribution in [2.24, 2.45) is 0 Å². The van der Waals surface area contributed by atoms with Gasteiger partial charge in [0.15, 0.2) is 0 Å². The third-order valence-electron chi connectivity index (χ3n) is 8.04. The molecule has 4 aromatic carbocycles. The van der Waals surface area contributed by atoms with Gasteiger partial charge >= 0.3 is 262 Å². The van der Waals surface area contributed by atoms with Gasteiger partial charge in [-0.2, -0.15) is 0 Å². The van der Waals surface area contributed by atoms with Crippen LogP contribution in [0, 0.1) is 0 Å². The quantitative estimate of drug-likeness (QED) is 0.143. The molecule has 0 amide bonds. The summed E-state index contributed by atoms with van der Waals surface area (Å²) in [5.74, 6) is 0. The molecule has 0 unspecified atom stereocenters. The minimum absolute atomic E-state index is 0.761. The molecule has 0 aliphatic carbocycles. The van der Waals surface area contributed by atoms with Gasteiger partial charge in [0.05, 0.1) is 0 Å². The van der Waals surface area contributed by atoms with Gasteiger partial charge < -0.3 is 0 Å². The number of rotatable bonds is 8. The van der Waals surface area contributed by atoms with Gasteiger partial charge in [0, 0.05) is 0 Å². The van der Waals surface area contributed by atoms with Crippen LogP contribution < -0.4 is 0 Å². The fourth-order valence-electron chi connectivity index (χ4n) is 6.50. The second kappa shape index (κ2) is 11.5. The fourth-order valence-corrected chi connectivity index (χ4v) is 15.9. The molecule has 5 rings (SSSR count). The van der Waals surface area contributed by atoms with E-state index in [2.05, 4.69) is 162 Å². The van der Waals surface area contributed by atoms with E-state index in [0.717, 1.165) is 30.8 Å². The van der Waals surface area contributed by atoms with Crippen LogP contribution in [0.3, 0.4) is 0 Å². The van der Waals surface area contributed by atoms with E-state index in [4.69, 9.17) is 13.3 Å². The molecule has 43 heavy (non-hydrogen) atoms. The predicted molar refractivity (Wildman–Crippen MR) is 196 cm³/mol. The molecular formula is C36H50BO3P3. The summed E-state index contributed by atoms with van der Waals surface area (Å²) in [4.78, 5) is 0. The number of benzene rings is 4. The molecule has 0 aromatic heterocycles. The van der Waals surface area contributed by atoms with Crippen LogP contribution in [-0.2, 0) is 44.1 Å². The van der Waals surface area contributed by atoms with Crippen molar-refractivity contribution in [1.82, 2.24) is 0 Å². The van der Waals surface area contributed by atoms with Crippen molar-refractivity contribution in [3.05, 3.63) is 143 Å². The van der Waals surface area contributed by atoms with Gasteiger partial charge in [0.25, 0.3) is 0 Å². The van der Waals surface area contributed by atoms with E-state index in [9.17, 15) is 0 Å². The molecule has 0 saturated heterocycles. The molecule has 4 aromatic rings. The third-order valence-corrected chi connectivity index (χ3v) is 16.8. The molecule has 0 saturated carbocycles. The normalized spacial score (nSPS) is 21.9. The first-order valence-corrected chi connectivity index (χ1v) is 25.8. The van der Waals surface area contributed by atoms with Gasteiger partial charge in [0.2, 0.25) is 0 Å². The van der Waals surface area contributed by atoms with Crippen molar-refractivity contribution in [3.63, 3.8) is 0 Å². The summed E-state index contributed by atoms with van der Waals surface area (Å²) in [6, 6.07) is 41.9. The van der Waals surface area contributed by atoms with Crippen molar-refractivity contribution in [1.29, 1.82) is 0 Å². The summed E-state index contributed by atoms with van der Waals surface area (Å²) in [6.07, 6.45) is 4.23. The average molecular weight is 635 g/mol. The van der Waals surface area contributed by atoms with Crippen molar-refractivity contribution in [3.8, 4) is 0 Å². The van der Waals surface area contributed by atoms with Crippen LogP contribution >= 0.6 is 20.5 Å². The van der Waals surface area contributed by atoms with Gasteiger partial charge in [0.1, 0.15) is 0 Å². The Morgan fingerprint density at radius 1 is 0.558 bits per heavy atom. The van der Waals surface area contributed by atoms with E-state index >= 15 is 0 Å².